The van der Waals surface area contributed by atoms with Gasteiger partial charge in [-0.15, -0.1) is 0 Å². The number of hydrogen-bond acceptors (Lipinski definition) is 3. The van der Waals surface area contributed by atoms with Gasteiger partial charge < -0.3 is 5.32 Å². The molecule has 2 atom stereocenters. The molecule has 6 nitrogen and oxygen atoms in total. The third-order valence-electron chi connectivity index (χ3n) is 5.75. The van der Waals surface area contributed by atoms with E-state index in [2.05, 4.69) is 5.32 Å². The van der Waals surface area contributed by atoms with Crippen LogP contribution in [0.5, 0.6) is 0 Å². The Balaban J connectivity index is 2.33. The normalized spacial score (nSPS) is 13.2. The second kappa shape index (κ2) is 8.69. The number of benzene rings is 2. The minimum atomic E-state index is -0.713. The third kappa shape index (κ3) is 3.82. The Kier molecular flexibility index (Phi) is 6.25. The molecule has 0 radical (unpaired) electrons. The summed E-state index contributed by atoms with van der Waals surface area (Å²) in [6, 6.07) is 11.7. The molecule has 158 valence electrons. The smallest absolute Gasteiger partial charge is 0.336 e. The molecule has 0 aliphatic carbocycles. The van der Waals surface area contributed by atoms with Crippen molar-refractivity contribution in [3.8, 4) is 5.69 Å². The first-order valence-corrected chi connectivity index (χ1v) is 10.4. The zero-order valence-corrected chi connectivity index (χ0v) is 18.2. The van der Waals surface area contributed by atoms with Gasteiger partial charge >= 0.3 is 5.69 Å². The molecular formula is C24H29N3O3. The maximum Gasteiger partial charge on any atom is 0.336 e. The van der Waals surface area contributed by atoms with Gasteiger partial charge in [0.2, 0.25) is 5.91 Å². The van der Waals surface area contributed by atoms with Crippen LogP contribution < -0.4 is 16.6 Å². The molecule has 30 heavy (non-hydrogen) atoms. The first-order valence-electron chi connectivity index (χ1n) is 10.4. The maximum absolute atomic E-state index is 13.6. The third-order valence-corrected chi connectivity index (χ3v) is 5.75. The zero-order valence-electron chi connectivity index (χ0n) is 18.2. The molecule has 1 N–H and O–H groups in total. The topological polar surface area (TPSA) is 73.1 Å². The van der Waals surface area contributed by atoms with Crippen molar-refractivity contribution in [1.29, 1.82) is 0 Å². The molecular weight excluding hydrogens is 378 g/mol. The van der Waals surface area contributed by atoms with Crippen molar-refractivity contribution in [2.75, 3.05) is 0 Å². The summed E-state index contributed by atoms with van der Waals surface area (Å²) in [6.07, 6.45) is 1.22. The number of para-hydroxylation sites is 1. The van der Waals surface area contributed by atoms with Crippen molar-refractivity contribution in [3.05, 3.63) is 74.4 Å². The molecule has 1 amide bonds. The van der Waals surface area contributed by atoms with E-state index in [0.29, 0.717) is 23.0 Å². The average molecular weight is 408 g/mol. The van der Waals surface area contributed by atoms with E-state index in [1.807, 2.05) is 46.8 Å². The Morgan fingerprint density at radius 1 is 1.00 bits per heavy atom. The summed E-state index contributed by atoms with van der Waals surface area (Å²) in [5, 5.41) is 3.38. The molecule has 3 aromatic rings. The van der Waals surface area contributed by atoms with Crippen LogP contribution in [-0.2, 0) is 4.79 Å². The van der Waals surface area contributed by atoms with E-state index in [-0.39, 0.29) is 17.5 Å². The molecule has 1 aromatic heterocycles. The van der Waals surface area contributed by atoms with Crippen LogP contribution >= 0.6 is 0 Å². The number of nitrogens with zero attached hydrogens (tertiary/aromatic N) is 2. The fourth-order valence-corrected chi connectivity index (χ4v) is 3.60. The van der Waals surface area contributed by atoms with E-state index in [4.69, 9.17) is 0 Å². The number of aryl methyl sites for hydroxylation is 2. The summed E-state index contributed by atoms with van der Waals surface area (Å²) >= 11 is 0. The van der Waals surface area contributed by atoms with E-state index >= 15 is 0 Å². The molecule has 2 aromatic carbocycles. The second-order valence-electron chi connectivity index (χ2n) is 7.82. The van der Waals surface area contributed by atoms with E-state index in [0.717, 1.165) is 17.5 Å². The Hall–Kier alpha value is -3.15. The SMILES string of the molecule is CCC(C)NC(=O)C(CC)n1c(=O)n(-c2ccc(C)c(C)c2)c(=O)c2ccccc21. The molecule has 2 unspecified atom stereocenters. The van der Waals surface area contributed by atoms with Gasteiger partial charge in [-0.1, -0.05) is 32.0 Å². The fraction of sp³-hybridized carbons (Fsp3) is 0.375. The molecule has 0 saturated carbocycles. The van der Waals surface area contributed by atoms with Gasteiger partial charge in [-0.05, 0) is 69.0 Å². The van der Waals surface area contributed by atoms with Crippen molar-refractivity contribution in [3.63, 3.8) is 0 Å². The van der Waals surface area contributed by atoms with Gasteiger partial charge in [0, 0.05) is 6.04 Å². The van der Waals surface area contributed by atoms with Gasteiger partial charge in [-0.3, -0.25) is 14.2 Å². The van der Waals surface area contributed by atoms with Crippen LogP contribution in [0, 0.1) is 13.8 Å². The average Bonchev–Trinajstić information content (AvgIpc) is 2.73. The Morgan fingerprint density at radius 3 is 2.33 bits per heavy atom. The monoisotopic (exact) mass is 407 g/mol. The highest BCUT2D eigenvalue weighted by molar-refractivity contribution is 5.84. The van der Waals surface area contributed by atoms with Crippen molar-refractivity contribution >= 4 is 16.8 Å². The number of hydrogen-bond donors (Lipinski definition) is 1. The Morgan fingerprint density at radius 2 is 1.70 bits per heavy atom. The summed E-state index contributed by atoms with van der Waals surface area (Å²) in [4.78, 5) is 39.9. The fourth-order valence-electron chi connectivity index (χ4n) is 3.60. The highest BCUT2D eigenvalue weighted by Gasteiger charge is 2.25. The lowest BCUT2D eigenvalue weighted by Crippen LogP contribution is -2.45. The van der Waals surface area contributed by atoms with Crippen LogP contribution in [0.1, 0.15) is 50.8 Å². The lowest BCUT2D eigenvalue weighted by atomic mass is 10.1. The van der Waals surface area contributed by atoms with Crippen molar-refractivity contribution < 1.29 is 4.79 Å². The van der Waals surface area contributed by atoms with Crippen LogP contribution in [0.2, 0.25) is 0 Å². The number of fused-ring (bicyclic) bond motifs is 1. The Bertz CT molecular complexity index is 1210. The number of carbonyl (C=O) groups is 1. The molecule has 0 aliphatic rings. The van der Waals surface area contributed by atoms with Crippen LogP contribution in [0.3, 0.4) is 0 Å². The quantitative estimate of drug-likeness (QED) is 0.678. The van der Waals surface area contributed by atoms with Gasteiger partial charge in [-0.2, -0.15) is 0 Å². The lowest BCUT2D eigenvalue weighted by molar-refractivity contribution is -0.125. The summed E-state index contributed by atoms with van der Waals surface area (Å²) in [6.45, 7) is 9.72. The van der Waals surface area contributed by atoms with Crippen molar-refractivity contribution in [2.24, 2.45) is 0 Å². The highest BCUT2D eigenvalue weighted by Crippen LogP contribution is 2.19. The summed E-state index contributed by atoms with van der Waals surface area (Å²) in [5.41, 5.74) is 2.15. The summed E-state index contributed by atoms with van der Waals surface area (Å²) < 4.78 is 2.64. The molecule has 6 heteroatoms. The summed E-state index contributed by atoms with van der Waals surface area (Å²) in [7, 11) is 0. The van der Waals surface area contributed by atoms with Crippen molar-refractivity contribution in [2.45, 2.75) is 59.5 Å². The van der Waals surface area contributed by atoms with Gasteiger partial charge in [0.15, 0.2) is 0 Å². The van der Waals surface area contributed by atoms with Gasteiger partial charge in [0.05, 0.1) is 16.6 Å². The molecule has 0 fully saturated rings. The number of amides is 1. The largest absolute Gasteiger partial charge is 0.352 e. The van der Waals surface area contributed by atoms with Gasteiger partial charge in [0.25, 0.3) is 5.56 Å². The molecule has 0 aliphatic heterocycles. The predicted molar refractivity (Wildman–Crippen MR) is 121 cm³/mol. The van der Waals surface area contributed by atoms with Crippen LogP contribution in [0.4, 0.5) is 0 Å². The minimum absolute atomic E-state index is 0.000769. The van der Waals surface area contributed by atoms with Crippen LogP contribution in [0.15, 0.2) is 52.1 Å². The molecule has 1 heterocycles. The molecule has 0 bridgehead atoms. The highest BCUT2D eigenvalue weighted by atomic mass is 16.2. The first kappa shape index (κ1) is 21.6. The summed E-state index contributed by atoms with van der Waals surface area (Å²) in [5.74, 6) is -0.218. The van der Waals surface area contributed by atoms with E-state index in [9.17, 15) is 14.4 Å². The van der Waals surface area contributed by atoms with E-state index < -0.39 is 11.7 Å². The lowest BCUT2D eigenvalue weighted by Gasteiger charge is -2.23. The molecule has 3 rings (SSSR count). The van der Waals surface area contributed by atoms with E-state index in [1.165, 1.54) is 9.13 Å². The first-order chi connectivity index (χ1) is 14.3. The van der Waals surface area contributed by atoms with Gasteiger partial charge in [-0.25, -0.2) is 9.36 Å². The number of rotatable bonds is 6. The Labute approximate surface area is 176 Å². The van der Waals surface area contributed by atoms with Crippen LogP contribution in [-0.4, -0.2) is 21.1 Å². The van der Waals surface area contributed by atoms with Gasteiger partial charge in [0.1, 0.15) is 6.04 Å². The molecule has 0 spiro atoms. The number of aromatic nitrogens is 2. The second-order valence-corrected chi connectivity index (χ2v) is 7.82. The van der Waals surface area contributed by atoms with Crippen LogP contribution in [0.25, 0.3) is 16.6 Å². The maximum atomic E-state index is 13.6. The minimum Gasteiger partial charge on any atom is -0.352 e. The van der Waals surface area contributed by atoms with Crippen molar-refractivity contribution in [1.82, 2.24) is 14.5 Å². The number of nitrogens with one attached hydrogen (secondary N) is 1. The zero-order chi connectivity index (χ0) is 22.0. The molecule has 0 saturated heterocycles. The number of carbonyl (C=O) groups excluding carboxylic acids is 1. The predicted octanol–water partition coefficient (Wildman–Crippen LogP) is 3.64. The standard InChI is InChI=1S/C24H29N3O3/c1-6-17(5)25-22(28)20(7-2)27-21-11-9-8-10-19(21)23(29)26(24(27)30)18-13-12-15(3)16(4)14-18/h8-14,17,20H,6-7H2,1-5H3,(H,25,28). The van der Waals surface area contributed by atoms with E-state index in [1.54, 1.807) is 30.3 Å².